The average molecular weight is 283 g/mol. The van der Waals surface area contributed by atoms with E-state index in [-0.39, 0.29) is 18.6 Å². The summed E-state index contributed by atoms with van der Waals surface area (Å²) < 4.78 is 0. The molecule has 1 saturated heterocycles. The minimum absolute atomic E-state index is 0.173. The van der Waals surface area contributed by atoms with Crippen molar-refractivity contribution in [3.8, 4) is 0 Å². The molecule has 1 heterocycles. The van der Waals surface area contributed by atoms with Gasteiger partial charge >= 0.3 is 12.0 Å². The Bertz CT molecular complexity index is 367. The number of nitrogens with zero attached hydrogens (tertiary/aromatic N) is 1. The molecule has 6 nitrogen and oxygen atoms in total. The van der Waals surface area contributed by atoms with Crippen LogP contribution in [-0.4, -0.2) is 54.7 Å². The highest BCUT2D eigenvalue weighted by Crippen LogP contribution is 2.35. The van der Waals surface area contributed by atoms with Gasteiger partial charge in [0.05, 0.1) is 5.41 Å². The first kappa shape index (κ1) is 15.1. The van der Waals surface area contributed by atoms with Crippen molar-refractivity contribution in [3.05, 3.63) is 0 Å². The van der Waals surface area contributed by atoms with E-state index in [0.29, 0.717) is 12.8 Å². The molecule has 0 aromatic rings. The van der Waals surface area contributed by atoms with Crippen molar-refractivity contribution in [1.82, 2.24) is 15.5 Å². The summed E-state index contributed by atoms with van der Waals surface area (Å²) in [5.41, 5.74) is -0.762. The molecule has 1 aliphatic carbocycles. The van der Waals surface area contributed by atoms with Gasteiger partial charge in [0.25, 0.3) is 0 Å². The molecule has 2 amide bonds. The minimum Gasteiger partial charge on any atom is -0.481 e. The summed E-state index contributed by atoms with van der Waals surface area (Å²) in [6.07, 6.45) is 5.24. The lowest BCUT2D eigenvalue weighted by Crippen LogP contribution is -2.49. The number of hydrogen-bond acceptors (Lipinski definition) is 3. The number of amides is 2. The van der Waals surface area contributed by atoms with E-state index in [9.17, 15) is 14.7 Å². The number of hydrogen-bond donors (Lipinski definition) is 3. The van der Waals surface area contributed by atoms with Crippen molar-refractivity contribution in [2.45, 2.75) is 44.6 Å². The Balaban J connectivity index is 1.80. The molecule has 2 aliphatic rings. The van der Waals surface area contributed by atoms with E-state index in [0.717, 1.165) is 38.8 Å². The van der Waals surface area contributed by atoms with Crippen molar-refractivity contribution < 1.29 is 14.7 Å². The molecule has 0 aromatic carbocycles. The molecule has 2 fully saturated rings. The second-order valence-corrected chi connectivity index (χ2v) is 6.22. The van der Waals surface area contributed by atoms with Crippen LogP contribution in [-0.2, 0) is 4.79 Å². The van der Waals surface area contributed by atoms with Crippen LogP contribution >= 0.6 is 0 Å². The third-order valence-corrected chi connectivity index (χ3v) is 4.58. The van der Waals surface area contributed by atoms with Gasteiger partial charge in [-0.3, -0.25) is 4.79 Å². The minimum atomic E-state index is -0.780. The SMILES string of the molecule is CN1CCC(NC(=O)NCC2(C(=O)O)CCCCC2)C1. The Labute approximate surface area is 119 Å². The predicted octanol–water partition coefficient (Wildman–Crippen LogP) is 1.02. The van der Waals surface area contributed by atoms with Gasteiger partial charge in [0.2, 0.25) is 0 Å². The van der Waals surface area contributed by atoms with Crippen LogP contribution in [0.3, 0.4) is 0 Å². The third kappa shape index (κ3) is 3.62. The van der Waals surface area contributed by atoms with Crippen molar-refractivity contribution in [2.24, 2.45) is 5.41 Å². The van der Waals surface area contributed by atoms with Crippen molar-refractivity contribution in [1.29, 1.82) is 0 Å². The summed E-state index contributed by atoms with van der Waals surface area (Å²) in [4.78, 5) is 25.5. The van der Waals surface area contributed by atoms with Gasteiger partial charge in [0.1, 0.15) is 0 Å². The Morgan fingerprint density at radius 1 is 1.30 bits per heavy atom. The maximum Gasteiger partial charge on any atom is 0.315 e. The van der Waals surface area contributed by atoms with Gasteiger partial charge in [-0.1, -0.05) is 19.3 Å². The zero-order valence-corrected chi connectivity index (χ0v) is 12.2. The Morgan fingerprint density at radius 3 is 2.55 bits per heavy atom. The number of likely N-dealkylation sites (N-methyl/N-ethyl adjacent to an activating group) is 1. The number of carboxylic acid groups (broad SMARTS) is 1. The number of likely N-dealkylation sites (tertiary alicyclic amines) is 1. The van der Waals surface area contributed by atoms with Crippen LogP contribution in [0, 0.1) is 5.41 Å². The van der Waals surface area contributed by atoms with Crippen molar-refractivity contribution in [3.63, 3.8) is 0 Å². The van der Waals surface area contributed by atoms with Gasteiger partial charge in [0, 0.05) is 19.1 Å². The first-order chi connectivity index (χ1) is 9.52. The molecule has 0 spiro atoms. The number of rotatable bonds is 4. The Morgan fingerprint density at radius 2 is 2.00 bits per heavy atom. The molecule has 1 atom stereocenters. The van der Waals surface area contributed by atoms with Gasteiger partial charge in [0.15, 0.2) is 0 Å². The fourth-order valence-corrected chi connectivity index (χ4v) is 3.23. The van der Waals surface area contributed by atoms with Crippen LogP contribution < -0.4 is 10.6 Å². The number of urea groups is 1. The number of carbonyl (C=O) groups excluding carboxylic acids is 1. The largest absolute Gasteiger partial charge is 0.481 e. The molecular formula is C14H25N3O3. The summed E-state index contributed by atoms with van der Waals surface area (Å²) in [6.45, 7) is 2.08. The van der Waals surface area contributed by atoms with Gasteiger partial charge in [-0.15, -0.1) is 0 Å². The molecule has 0 aromatic heterocycles. The topological polar surface area (TPSA) is 81.7 Å². The molecule has 6 heteroatoms. The maximum atomic E-state index is 11.9. The Kier molecular flexibility index (Phi) is 4.86. The fraction of sp³-hybridized carbons (Fsp3) is 0.857. The maximum absolute atomic E-state index is 11.9. The van der Waals surface area contributed by atoms with E-state index in [4.69, 9.17) is 0 Å². The van der Waals surface area contributed by atoms with E-state index >= 15 is 0 Å². The lowest BCUT2D eigenvalue weighted by molar-refractivity contribution is -0.150. The number of nitrogens with one attached hydrogen (secondary N) is 2. The molecule has 2 rings (SSSR count). The lowest BCUT2D eigenvalue weighted by Gasteiger charge is -2.33. The highest BCUT2D eigenvalue weighted by Gasteiger charge is 2.39. The molecule has 20 heavy (non-hydrogen) atoms. The van der Waals surface area contributed by atoms with Crippen LogP contribution in [0.15, 0.2) is 0 Å². The summed E-state index contributed by atoms with van der Waals surface area (Å²) >= 11 is 0. The summed E-state index contributed by atoms with van der Waals surface area (Å²) in [6, 6.07) is -0.0661. The number of carboxylic acids is 1. The second kappa shape index (κ2) is 6.43. The van der Waals surface area contributed by atoms with Gasteiger partial charge in [-0.2, -0.15) is 0 Å². The summed E-state index contributed by atoms with van der Waals surface area (Å²) in [7, 11) is 2.03. The summed E-state index contributed by atoms with van der Waals surface area (Å²) in [5, 5.41) is 15.1. The van der Waals surface area contributed by atoms with Crippen LogP contribution in [0.2, 0.25) is 0 Å². The van der Waals surface area contributed by atoms with Gasteiger partial charge < -0.3 is 20.6 Å². The zero-order chi connectivity index (χ0) is 14.6. The van der Waals surface area contributed by atoms with E-state index in [2.05, 4.69) is 15.5 Å². The van der Waals surface area contributed by atoms with Gasteiger partial charge in [-0.05, 0) is 32.9 Å². The zero-order valence-electron chi connectivity index (χ0n) is 12.2. The number of aliphatic carboxylic acids is 1. The quantitative estimate of drug-likeness (QED) is 0.719. The van der Waals surface area contributed by atoms with Crippen LogP contribution in [0.4, 0.5) is 4.79 Å². The predicted molar refractivity (Wildman–Crippen MR) is 75.6 cm³/mol. The second-order valence-electron chi connectivity index (χ2n) is 6.22. The molecule has 3 N–H and O–H groups in total. The van der Waals surface area contributed by atoms with E-state index in [1.54, 1.807) is 0 Å². The third-order valence-electron chi connectivity index (χ3n) is 4.58. The lowest BCUT2D eigenvalue weighted by atomic mass is 9.74. The van der Waals surface area contributed by atoms with Crippen LogP contribution in [0.5, 0.6) is 0 Å². The van der Waals surface area contributed by atoms with E-state index < -0.39 is 11.4 Å². The van der Waals surface area contributed by atoms with Gasteiger partial charge in [-0.25, -0.2) is 4.79 Å². The van der Waals surface area contributed by atoms with E-state index in [1.807, 2.05) is 7.05 Å². The molecular weight excluding hydrogens is 258 g/mol. The highest BCUT2D eigenvalue weighted by atomic mass is 16.4. The first-order valence-electron chi connectivity index (χ1n) is 7.48. The average Bonchev–Trinajstić information content (AvgIpc) is 2.83. The fourth-order valence-electron chi connectivity index (χ4n) is 3.23. The normalized spacial score (nSPS) is 26.1. The summed E-state index contributed by atoms with van der Waals surface area (Å²) in [5.74, 6) is -0.780. The molecule has 0 bridgehead atoms. The van der Waals surface area contributed by atoms with Crippen molar-refractivity contribution >= 4 is 12.0 Å². The highest BCUT2D eigenvalue weighted by molar-refractivity contribution is 5.78. The standard InChI is InChI=1S/C14H25N3O3/c1-17-8-5-11(9-17)16-13(20)15-10-14(12(18)19)6-3-2-4-7-14/h11H,2-10H2,1H3,(H,18,19)(H2,15,16,20). The van der Waals surface area contributed by atoms with Crippen LogP contribution in [0.25, 0.3) is 0 Å². The van der Waals surface area contributed by atoms with Crippen LogP contribution in [0.1, 0.15) is 38.5 Å². The molecule has 1 unspecified atom stereocenters. The van der Waals surface area contributed by atoms with E-state index in [1.165, 1.54) is 0 Å². The molecule has 0 radical (unpaired) electrons. The van der Waals surface area contributed by atoms with Crippen molar-refractivity contribution in [2.75, 3.05) is 26.7 Å². The number of carbonyl (C=O) groups is 2. The smallest absolute Gasteiger partial charge is 0.315 e. The monoisotopic (exact) mass is 283 g/mol. The molecule has 1 aliphatic heterocycles. The Hall–Kier alpha value is -1.30. The molecule has 1 saturated carbocycles. The molecule has 114 valence electrons. The first-order valence-corrected chi connectivity index (χ1v) is 7.48.